The van der Waals surface area contributed by atoms with E-state index in [1.807, 2.05) is 23.1 Å². The summed E-state index contributed by atoms with van der Waals surface area (Å²) < 4.78 is 5.17. The van der Waals surface area contributed by atoms with Gasteiger partial charge in [0.25, 0.3) is 0 Å². The Bertz CT molecular complexity index is 377. The predicted octanol–water partition coefficient (Wildman–Crippen LogP) is 3.24. The second-order valence-electron chi connectivity index (χ2n) is 4.82. The third-order valence-electron chi connectivity index (χ3n) is 3.39. The van der Waals surface area contributed by atoms with Crippen molar-refractivity contribution in [3.63, 3.8) is 0 Å². The van der Waals surface area contributed by atoms with Gasteiger partial charge in [0.15, 0.2) is 0 Å². The van der Waals surface area contributed by atoms with E-state index in [0.29, 0.717) is 6.61 Å². The van der Waals surface area contributed by atoms with Crippen LogP contribution in [-0.4, -0.2) is 30.2 Å². The first kappa shape index (κ1) is 12.9. The predicted molar refractivity (Wildman–Crippen MR) is 71.5 cm³/mol. The minimum Gasteiger partial charge on any atom is -0.447 e. The van der Waals surface area contributed by atoms with Crippen molar-refractivity contribution in [1.29, 1.82) is 0 Å². The van der Waals surface area contributed by atoms with Gasteiger partial charge in [0, 0.05) is 6.54 Å². The van der Waals surface area contributed by atoms with Gasteiger partial charge in [-0.2, -0.15) is 0 Å². The molecule has 0 spiro atoms. The molecule has 1 atom stereocenters. The monoisotopic (exact) mass is 247 g/mol. The molecule has 0 N–H and O–H groups in total. The fourth-order valence-electron chi connectivity index (χ4n) is 2.35. The van der Waals surface area contributed by atoms with Crippen LogP contribution in [0.5, 0.6) is 0 Å². The van der Waals surface area contributed by atoms with Crippen LogP contribution in [0, 0.1) is 0 Å². The van der Waals surface area contributed by atoms with E-state index in [4.69, 9.17) is 4.74 Å². The maximum atomic E-state index is 11.7. The van der Waals surface area contributed by atoms with Crippen LogP contribution in [0.15, 0.2) is 30.3 Å². The van der Waals surface area contributed by atoms with Gasteiger partial charge in [0.05, 0.1) is 6.04 Å². The molecule has 1 heterocycles. The largest absolute Gasteiger partial charge is 0.447 e. The molecule has 1 aromatic carbocycles. The van der Waals surface area contributed by atoms with Gasteiger partial charge in [0.1, 0.15) is 6.61 Å². The third kappa shape index (κ3) is 3.25. The fourth-order valence-corrected chi connectivity index (χ4v) is 2.35. The summed E-state index contributed by atoms with van der Waals surface area (Å²) >= 11 is 0. The van der Waals surface area contributed by atoms with Crippen LogP contribution in [0.3, 0.4) is 0 Å². The quantitative estimate of drug-likeness (QED) is 0.722. The van der Waals surface area contributed by atoms with E-state index in [-0.39, 0.29) is 12.1 Å². The molecule has 98 valence electrons. The van der Waals surface area contributed by atoms with Gasteiger partial charge in [-0.3, -0.25) is 0 Å². The van der Waals surface area contributed by atoms with Crippen LogP contribution in [0.4, 0.5) is 4.79 Å². The molecule has 0 radical (unpaired) electrons. The Morgan fingerprint density at radius 1 is 1.28 bits per heavy atom. The molecule has 18 heavy (non-hydrogen) atoms. The fraction of sp³-hybridized carbons (Fsp3) is 0.533. The van der Waals surface area contributed by atoms with Crippen molar-refractivity contribution in [2.24, 2.45) is 0 Å². The smallest absolute Gasteiger partial charge is 0.410 e. The van der Waals surface area contributed by atoms with E-state index in [0.717, 1.165) is 19.4 Å². The minimum absolute atomic E-state index is 0.146. The van der Waals surface area contributed by atoms with Crippen LogP contribution in [0.2, 0.25) is 0 Å². The van der Waals surface area contributed by atoms with E-state index in [9.17, 15) is 4.79 Å². The van der Waals surface area contributed by atoms with Gasteiger partial charge >= 0.3 is 6.09 Å². The van der Waals surface area contributed by atoms with E-state index in [1.54, 1.807) is 0 Å². The maximum Gasteiger partial charge on any atom is 0.410 e. The average Bonchev–Trinajstić information content (AvgIpc) is 2.73. The Kier molecular flexibility index (Phi) is 4.62. The zero-order valence-corrected chi connectivity index (χ0v) is 11.0. The van der Waals surface area contributed by atoms with Crippen molar-refractivity contribution in [3.05, 3.63) is 35.9 Å². The van der Waals surface area contributed by atoms with Crippen LogP contribution >= 0.6 is 0 Å². The first-order valence-corrected chi connectivity index (χ1v) is 6.78. The summed E-state index contributed by atoms with van der Waals surface area (Å²) in [7, 11) is 0. The Morgan fingerprint density at radius 2 is 2.06 bits per heavy atom. The molecule has 1 fully saturated rings. The van der Waals surface area contributed by atoms with Gasteiger partial charge in [0.2, 0.25) is 0 Å². The van der Waals surface area contributed by atoms with Crippen molar-refractivity contribution in [3.8, 4) is 0 Å². The first-order chi connectivity index (χ1) is 8.81. The molecule has 0 aliphatic carbocycles. The lowest BCUT2D eigenvalue weighted by Gasteiger charge is -2.21. The van der Waals surface area contributed by atoms with Gasteiger partial charge in [-0.25, -0.2) is 4.79 Å². The summed E-state index contributed by atoms with van der Waals surface area (Å²) in [5.41, 5.74) is 1.27. The lowest BCUT2D eigenvalue weighted by atomic mass is 10.1. The van der Waals surface area contributed by atoms with Crippen LogP contribution in [0.25, 0.3) is 0 Å². The number of unbranched alkanes of at least 4 members (excludes halogenated alkanes) is 2. The van der Waals surface area contributed by atoms with Gasteiger partial charge in [-0.15, -0.1) is 0 Å². The van der Waals surface area contributed by atoms with Crippen molar-refractivity contribution in [2.75, 3.05) is 13.2 Å². The summed E-state index contributed by atoms with van der Waals surface area (Å²) in [6.45, 7) is 3.52. The molecule has 1 aliphatic heterocycles. The molecule has 1 amide bonds. The summed E-state index contributed by atoms with van der Waals surface area (Å²) in [5.74, 6) is 0. The summed E-state index contributed by atoms with van der Waals surface area (Å²) in [6.07, 6.45) is 4.15. The number of amides is 1. The minimum atomic E-state index is -0.146. The molecule has 1 aliphatic rings. The third-order valence-corrected chi connectivity index (χ3v) is 3.39. The lowest BCUT2D eigenvalue weighted by molar-refractivity contribution is 0.157. The molecule has 3 nitrogen and oxygen atoms in total. The van der Waals surface area contributed by atoms with E-state index in [1.165, 1.54) is 18.4 Å². The highest BCUT2D eigenvalue weighted by molar-refractivity contribution is 5.70. The molecule has 3 heteroatoms. The maximum absolute atomic E-state index is 11.7. The highest BCUT2D eigenvalue weighted by Crippen LogP contribution is 2.18. The molecule has 0 unspecified atom stereocenters. The molecule has 1 aromatic rings. The Morgan fingerprint density at radius 3 is 2.78 bits per heavy atom. The topological polar surface area (TPSA) is 29.5 Å². The number of benzene rings is 1. The summed E-state index contributed by atoms with van der Waals surface area (Å²) in [4.78, 5) is 13.6. The normalized spacial score (nSPS) is 19.1. The second kappa shape index (κ2) is 6.43. The van der Waals surface area contributed by atoms with Gasteiger partial charge in [-0.05, 0) is 18.4 Å². The van der Waals surface area contributed by atoms with Crippen molar-refractivity contribution in [2.45, 2.75) is 38.6 Å². The lowest BCUT2D eigenvalue weighted by Crippen LogP contribution is -2.35. The number of carbonyl (C=O) groups excluding carboxylic acids is 1. The average molecular weight is 247 g/mol. The number of nitrogens with zero attached hydrogens (tertiary/aromatic N) is 1. The highest BCUT2D eigenvalue weighted by atomic mass is 16.6. The van der Waals surface area contributed by atoms with Crippen LogP contribution in [0.1, 0.15) is 31.7 Å². The van der Waals surface area contributed by atoms with Crippen LogP contribution < -0.4 is 0 Å². The Balaban J connectivity index is 1.92. The summed E-state index contributed by atoms with van der Waals surface area (Å²) in [5, 5.41) is 0. The highest BCUT2D eigenvalue weighted by Gasteiger charge is 2.32. The molecule has 0 saturated carbocycles. The van der Waals surface area contributed by atoms with Crippen molar-refractivity contribution < 1.29 is 9.53 Å². The van der Waals surface area contributed by atoms with Gasteiger partial charge in [-0.1, -0.05) is 50.1 Å². The molecule has 2 rings (SSSR count). The number of carbonyl (C=O) groups is 1. The van der Waals surface area contributed by atoms with Crippen molar-refractivity contribution in [1.82, 2.24) is 4.90 Å². The number of hydrogen-bond donors (Lipinski definition) is 0. The van der Waals surface area contributed by atoms with Crippen LogP contribution in [-0.2, 0) is 11.2 Å². The zero-order valence-electron chi connectivity index (χ0n) is 11.0. The van der Waals surface area contributed by atoms with E-state index in [2.05, 4.69) is 19.1 Å². The van der Waals surface area contributed by atoms with E-state index < -0.39 is 0 Å². The van der Waals surface area contributed by atoms with E-state index >= 15 is 0 Å². The zero-order chi connectivity index (χ0) is 12.8. The molecular weight excluding hydrogens is 226 g/mol. The SMILES string of the molecule is CCCCCN1C(=O)OC[C@@H]1Cc1ccccc1. The Labute approximate surface area is 109 Å². The first-order valence-electron chi connectivity index (χ1n) is 6.78. The molecule has 0 aromatic heterocycles. The number of hydrogen-bond acceptors (Lipinski definition) is 2. The standard InChI is InChI=1S/C15H21NO2/c1-2-3-7-10-16-14(12-18-15(16)17)11-13-8-5-4-6-9-13/h4-6,8-9,14H,2-3,7,10-12H2,1H3/t14-/m0/s1. The molecular formula is C15H21NO2. The number of rotatable bonds is 6. The Hall–Kier alpha value is -1.51. The molecule has 1 saturated heterocycles. The molecule has 0 bridgehead atoms. The summed E-state index contributed by atoms with van der Waals surface area (Å²) in [6, 6.07) is 10.5. The van der Waals surface area contributed by atoms with Gasteiger partial charge < -0.3 is 9.64 Å². The number of cyclic esters (lactones) is 1. The van der Waals surface area contributed by atoms with Crippen molar-refractivity contribution >= 4 is 6.09 Å². The number of ether oxygens (including phenoxy) is 1. The second-order valence-corrected chi connectivity index (χ2v) is 4.82.